The number of methoxy groups -OCH3 is 3. The Balaban J connectivity index is 2.03. The van der Waals surface area contributed by atoms with Gasteiger partial charge in [-0.3, -0.25) is 0 Å². The van der Waals surface area contributed by atoms with Crippen LogP contribution in [0.3, 0.4) is 0 Å². The van der Waals surface area contributed by atoms with Gasteiger partial charge in [-0.1, -0.05) is 18.6 Å². The van der Waals surface area contributed by atoms with E-state index in [-0.39, 0.29) is 0 Å². The molecular formula is C22H31N2O3+. The summed E-state index contributed by atoms with van der Waals surface area (Å²) < 4.78 is 18.4. The van der Waals surface area contributed by atoms with Crippen LogP contribution in [0.15, 0.2) is 36.7 Å². The fraction of sp³-hybridized carbons (Fsp3) is 0.409. The van der Waals surface area contributed by atoms with E-state index in [9.17, 15) is 0 Å². The van der Waals surface area contributed by atoms with Crippen molar-refractivity contribution >= 4 is 12.2 Å². The third kappa shape index (κ3) is 6.29. The molecule has 0 fully saturated rings. The topological polar surface area (TPSA) is 57.6 Å². The van der Waals surface area contributed by atoms with E-state index in [1.807, 2.05) is 18.2 Å². The molecule has 27 heavy (non-hydrogen) atoms. The fourth-order valence-corrected chi connectivity index (χ4v) is 2.89. The van der Waals surface area contributed by atoms with Crippen LogP contribution >= 0.6 is 0 Å². The first-order valence-corrected chi connectivity index (χ1v) is 9.39. The smallest absolute Gasteiger partial charge is 0.169 e. The second-order valence-electron chi connectivity index (χ2n) is 6.35. The van der Waals surface area contributed by atoms with Crippen molar-refractivity contribution in [2.24, 2.45) is 5.73 Å². The lowest BCUT2D eigenvalue weighted by Crippen LogP contribution is -2.32. The number of benzene rings is 1. The summed E-state index contributed by atoms with van der Waals surface area (Å²) in [4.78, 5) is 0. The Morgan fingerprint density at radius 1 is 0.815 bits per heavy atom. The van der Waals surface area contributed by atoms with E-state index in [1.165, 1.54) is 19.3 Å². The van der Waals surface area contributed by atoms with Crippen LogP contribution in [0.2, 0.25) is 0 Å². The first-order chi connectivity index (χ1) is 13.2. The summed E-state index contributed by atoms with van der Waals surface area (Å²) in [5, 5.41) is 0. The highest BCUT2D eigenvalue weighted by Gasteiger charge is 2.10. The molecule has 5 nitrogen and oxygen atoms in total. The van der Waals surface area contributed by atoms with E-state index in [0.29, 0.717) is 11.5 Å². The van der Waals surface area contributed by atoms with Gasteiger partial charge in [0.25, 0.3) is 0 Å². The number of aryl methyl sites for hydroxylation is 1. The van der Waals surface area contributed by atoms with Crippen LogP contribution in [-0.4, -0.2) is 27.9 Å². The molecule has 0 atom stereocenters. The van der Waals surface area contributed by atoms with Gasteiger partial charge >= 0.3 is 0 Å². The van der Waals surface area contributed by atoms with Gasteiger partial charge in [-0.15, -0.1) is 0 Å². The summed E-state index contributed by atoms with van der Waals surface area (Å²) in [6.45, 7) is 1.83. The monoisotopic (exact) mass is 371 g/mol. The molecule has 0 bridgehead atoms. The van der Waals surface area contributed by atoms with E-state index in [4.69, 9.17) is 19.9 Å². The Morgan fingerprint density at radius 2 is 1.44 bits per heavy atom. The van der Waals surface area contributed by atoms with Gasteiger partial charge in [-0.2, -0.15) is 0 Å². The molecule has 0 aliphatic carbocycles. The molecule has 0 saturated carbocycles. The molecule has 1 aromatic heterocycles. The van der Waals surface area contributed by atoms with Gasteiger partial charge in [0.1, 0.15) is 12.3 Å². The number of hydrogen-bond acceptors (Lipinski definition) is 4. The second kappa shape index (κ2) is 11.2. The molecule has 0 spiro atoms. The largest absolute Gasteiger partial charge is 0.496 e. The first kappa shape index (κ1) is 20.8. The summed E-state index contributed by atoms with van der Waals surface area (Å²) in [6, 6.07) is 7.98. The van der Waals surface area contributed by atoms with Crippen LogP contribution in [-0.2, 0) is 6.54 Å². The van der Waals surface area contributed by atoms with Crippen molar-refractivity contribution in [3.05, 3.63) is 47.8 Å². The lowest BCUT2D eigenvalue weighted by Gasteiger charge is -2.12. The molecular weight excluding hydrogens is 340 g/mol. The number of nitrogens with two attached hydrogens (primary N) is 1. The summed E-state index contributed by atoms with van der Waals surface area (Å²) in [7, 11) is 4.89. The number of hydrogen-bond donors (Lipinski definition) is 1. The van der Waals surface area contributed by atoms with Crippen molar-refractivity contribution in [2.45, 2.75) is 32.2 Å². The number of aromatic nitrogens is 1. The van der Waals surface area contributed by atoms with Gasteiger partial charge in [-0.05, 0) is 31.0 Å². The van der Waals surface area contributed by atoms with Gasteiger partial charge in [0.05, 0.1) is 21.3 Å². The highest BCUT2D eigenvalue weighted by atomic mass is 16.5. The maximum Gasteiger partial charge on any atom is 0.169 e. The van der Waals surface area contributed by atoms with E-state index in [0.717, 1.165) is 36.4 Å². The average molecular weight is 372 g/mol. The number of ether oxygens (including phenoxy) is 3. The molecule has 146 valence electrons. The van der Waals surface area contributed by atoms with Crippen molar-refractivity contribution < 1.29 is 18.8 Å². The molecule has 1 heterocycles. The lowest BCUT2D eigenvalue weighted by atomic mass is 10.1. The zero-order chi connectivity index (χ0) is 19.5. The predicted octanol–water partition coefficient (Wildman–Crippen LogP) is 3.69. The van der Waals surface area contributed by atoms with Crippen LogP contribution in [0.1, 0.15) is 36.8 Å². The lowest BCUT2D eigenvalue weighted by molar-refractivity contribution is -0.697. The zero-order valence-corrected chi connectivity index (χ0v) is 16.6. The highest BCUT2D eigenvalue weighted by molar-refractivity contribution is 5.74. The number of unbranched alkanes of at least 4 members (excludes halogenated alkanes) is 3. The van der Waals surface area contributed by atoms with Crippen LogP contribution in [0, 0.1) is 0 Å². The minimum Gasteiger partial charge on any atom is -0.496 e. The molecule has 0 amide bonds. The Kier molecular flexibility index (Phi) is 8.65. The third-order valence-corrected chi connectivity index (χ3v) is 4.48. The quantitative estimate of drug-likeness (QED) is 0.483. The predicted molar refractivity (Wildman–Crippen MR) is 109 cm³/mol. The zero-order valence-electron chi connectivity index (χ0n) is 16.6. The van der Waals surface area contributed by atoms with Crippen molar-refractivity contribution in [3.63, 3.8) is 0 Å². The summed E-state index contributed by atoms with van der Waals surface area (Å²) in [6.07, 6.45) is 13.1. The summed E-state index contributed by atoms with van der Waals surface area (Å²) in [5.41, 5.74) is 7.59. The van der Waals surface area contributed by atoms with Crippen molar-refractivity contribution in [1.29, 1.82) is 0 Å². The third-order valence-electron chi connectivity index (χ3n) is 4.48. The minimum absolute atomic E-state index is 0.652. The maximum atomic E-state index is 5.53. The van der Waals surface area contributed by atoms with Crippen LogP contribution < -0.4 is 24.5 Å². The molecule has 0 aliphatic rings. The molecule has 0 radical (unpaired) electrons. The molecule has 0 saturated heterocycles. The molecule has 5 heteroatoms. The van der Waals surface area contributed by atoms with Crippen LogP contribution in [0.4, 0.5) is 0 Å². The number of nitrogens with zero attached hydrogens (tertiary/aromatic N) is 1. The van der Waals surface area contributed by atoms with Gasteiger partial charge in [0.2, 0.25) is 0 Å². The molecule has 2 N–H and O–H groups in total. The highest BCUT2D eigenvalue weighted by Crippen LogP contribution is 2.35. The molecule has 2 aromatic rings. The minimum atomic E-state index is 0.652. The second-order valence-corrected chi connectivity index (χ2v) is 6.35. The molecule has 1 aromatic carbocycles. The van der Waals surface area contributed by atoms with Gasteiger partial charge < -0.3 is 19.9 Å². The SMILES string of the molecule is COc1cc(OC)c(OC)cc1/C=C/c1cc[n+](CCCCCCN)cc1. The Morgan fingerprint density at radius 3 is 2.07 bits per heavy atom. The fourth-order valence-electron chi connectivity index (χ4n) is 2.89. The van der Waals surface area contributed by atoms with Crippen molar-refractivity contribution in [1.82, 2.24) is 0 Å². The Bertz CT molecular complexity index is 727. The number of rotatable bonds is 11. The van der Waals surface area contributed by atoms with Crippen LogP contribution in [0.5, 0.6) is 17.2 Å². The normalized spacial score (nSPS) is 11.0. The molecule has 2 rings (SSSR count). The van der Waals surface area contributed by atoms with Gasteiger partial charge in [0, 0.05) is 30.2 Å². The van der Waals surface area contributed by atoms with Crippen molar-refractivity contribution in [2.75, 3.05) is 27.9 Å². The summed E-state index contributed by atoms with van der Waals surface area (Å²) in [5.74, 6) is 2.07. The summed E-state index contributed by atoms with van der Waals surface area (Å²) >= 11 is 0. The van der Waals surface area contributed by atoms with Gasteiger partial charge in [0.15, 0.2) is 23.9 Å². The maximum absolute atomic E-state index is 5.53. The average Bonchev–Trinajstić information content (AvgIpc) is 2.72. The van der Waals surface area contributed by atoms with E-state index >= 15 is 0 Å². The first-order valence-electron chi connectivity index (χ1n) is 9.39. The van der Waals surface area contributed by atoms with E-state index < -0.39 is 0 Å². The molecule has 0 aliphatic heterocycles. The van der Waals surface area contributed by atoms with Crippen LogP contribution in [0.25, 0.3) is 12.2 Å². The van der Waals surface area contributed by atoms with Crippen molar-refractivity contribution in [3.8, 4) is 17.2 Å². The number of pyridine rings is 1. The Hall–Kier alpha value is -2.53. The van der Waals surface area contributed by atoms with E-state index in [2.05, 4.69) is 35.2 Å². The van der Waals surface area contributed by atoms with Gasteiger partial charge in [-0.25, -0.2) is 4.57 Å². The molecule has 0 unspecified atom stereocenters. The Labute approximate surface area is 162 Å². The van der Waals surface area contributed by atoms with E-state index in [1.54, 1.807) is 21.3 Å². The standard InChI is InChI=1S/C22H31N2O3/c1-25-20-17-22(27-3)21(26-2)16-19(20)9-8-18-10-14-24(15-11-18)13-7-5-4-6-12-23/h8-11,14-17H,4-7,12-13,23H2,1-3H3/q+1/b9-8+.